The van der Waals surface area contributed by atoms with E-state index in [1.807, 2.05) is 13.1 Å². The van der Waals surface area contributed by atoms with Crippen molar-refractivity contribution in [2.75, 3.05) is 13.7 Å². The molecule has 19 heavy (non-hydrogen) atoms. The van der Waals surface area contributed by atoms with Crippen LogP contribution in [-0.2, 0) is 6.54 Å². The molecule has 1 aromatic heterocycles. The van der Waals surface area contributed by atoms with Gasteiger partial charge in [-0.3, -0.25) is 0 Å². The quantitative estimate of drug-likeness (QED) is 0.654. The van der Waals surface area contributed by atoms with Crippen LogP contribution < -0.4 is 10.1 Å². The Kier molecular flexibility index (Phi) is 8.59. The van der Waals surface area contributed by atoms with E-state index in [-0.39, 0.29) is 0 Å². The second-order valence-corrected chi connectivity index (χ2v) is 5.17. The molecule has 0 aromatic carbocycles. The lowest BCUT2D eigenvalue weighted by Crippen LogP contribution is -2.07. The van der Waals surface area contributed by atoms with Gasteiger partial charge in [0.15, 0.2) is 0 Å². The van der Waals surface area contributed by atoms with Gasteiger partial charge in [0.25, 0.3) is 0 Å². The van der Waals surface area contributed by atoms with E-state index in [1.54, 1.807) is 6.20 Å². The third-order valence-corrected chi connectivity index (χ3v) is 3.36. The van der Waals surface area contributed by atoms with Crippen LogP contribution in [0.4, 0.5) is 0 Å². The Balaban J connectivity index is 2.23. The molecule has 0 fully saturated rings. The molecule has 0 aliphatic carbocycles. The van der Waals surface area contributed by atoms with Crippen molar-refractivity contribution in [3.8, 4) is 5.88 Å². The standard InChI is InChI=1S/C15H25ClN2O/c1-3-4-5-6-7-8-9-19-15-10-13(11-17-2)14(16)12-18-15/h10,12,17H,3-9,11H2,1-2H3. The highest BCUT2D eigenvalue weighted by atomic mass is 35.5. The second-order valence-electron chi connectivity index (χ2n) is 4.76. The molecule has 0 radical (unpaired) electrons. The van der Waals surface area contributed by atoms with Crippen LogP contribution in [0.2, 0.25) is 5.02 Å². The number of hydrogen-bond acceptors (Lipinski definition) is 3. The Morgan fingerprint density at radius 2 is 1.95 bits per heavy atom. The summed E-state index contributed by atoms with van der Waals surface area (Å²) >= 11 is 6.05. The van der Waals surface area contributed by atoms with Gasteiger partial charge in [-0.25, -0.2) is 4.98 Å². The van der Waals surface area contributed by atoms with Crippen molar-refractivity contribution in [1.29, 1.82) is 0 Å². The molecule has 3 nitrogen and oxygen atoms in total. The number of aromatic nitrogens is 1. The highest BCUT2D eigenvalue weighted by molar-refractivity contribution is 6.31. The number of rotatable bonds is 10. The highest BCUT2D eigenvalue weighted by Crippen LogP contribution is 2.19. The number of nitrogens with one attached hydrogen (secondary N) is 1. The van der Waals surface area contributed by atoms with E-state index >= 15 is 0 Å². The Labute approximate surface area is 121 Å². The third-order valence-electron chi connectivity index (χ3n) is 3.02. The molecule has 0 aliphatic rings. The van der Waals surface area contributed by atoms with Gasteiger partial charge in [0, 0.05) is 18.8 Å². The van der Waals surface area contributed by atoms with Crippen LogP contribution in [-0.4, -0.2) is 18.6 Å². The lowest BCUT2D eigenvalue weighted by molar-refractivity contribution is 0.293. The van der Waals surface area contributed by atoms with Crippen molar-refractivity contribution in [2.45, 2.75) is 52.0 Å². The van der Waals surface area contributed by atoms with E-state index in [4.69, 9.17) is 16.3 Å². The molecule has 1 N–H and O–H groups in total. The molecule has 0 unspecified atom stereocenters. The summed E-state index contributed by atoms with van der Waals surface area (Å²) in [5.41, 5.74) is 1.03. The minimum Gasteiger partial charge on any atom is -0.478 e. The SMILES string of the molecule is CCCCCCCCOc1cc(CNC)c(Cl)cn1. The molecule has 0 saturated carbocycles. The van der Waals surface area contributed by atoms with Crippen LogP contribution in [0.25, 0.3) is 0 Å². The molecule has 1 rings (SSSR count). The van der Waals surface area contributed by atoms with Crippen LogP contribution in [0.1, 0.15) is 51.0 Å². The zero-order valence-corrected chi connectivity index (χ0v) is 12.8. The largest absolute Gasteiger partial charge is 0.478 e. The Bertz CT molecular complexity index is 358. The summed E-state index contributed by atoms with van der Waals surface area (Å²) < 4.78 is 5.66. The van der Waals surface area contributed by atoms with Gasteiger partial charge < -0.3 is 10.1 Å². The maximum Gasteiger partial charge on any atom is 0.213 e. The summed E-state index contributed by atoms with van der Waals surface area (Å²) in [6.07, 6.45) is 9.25. The van der Waals surface area contributed by atoms with Gasteiger partial charge in [-0.2, -0.15) is 0 Å². The van der Waals surface area contributed by atoms with E-state index in [1.165, 1.54) is 32.1 Å². The summed E-state index contributed by atoms with van der Waals surface area (Å²) in [7, 11) is 1.90. The molecule has 0 atom stereocenters. The van der Waals surface area contributed by atoms with Crippen LogP contribution in [0, 0.1) is 0 Å². The molecule has 0 aliphatic heterocycles. The van der Waals surface area contributed by atoms with Crippen molar-refractivity contribution in [3.05, 3.63) is 22.8 Å². The second kappa shape index (κ2) is 10.0. The molecule has 1 aromatic rings. The summed E-state index contributed by atoms with van der Waals surface area (Å²) in [5, 5.41) is 3.76. The van der Waals surface area contributed by atoms with E-state index in [0.717, 1.165) is 25.1 Å². The van der Waals surface area contributed by atoms with Gasteiger partial charge in [-0.15, -0.1) is 0 Å². The van der Waals surface area contributed by atoms with Crippen molar-refractivity contribution in [1.82, 2.24) is 10.3 Å². The monoisotopic (exact) mass is 284 g/mol. The summed E-state index contributed by atoms with van der Waals surface area (Å²) in [6, 6.07) is 1.91. The maximum atomic E-state index is 6.05. The van der Waals surface area contributed by atoms with Gasteiger partial charge in [0.05, 0.1) is 11.6 Å². The van der Waals surface area contributed by atoms with Gasteiger partial charge in [0.2, 0.25) is 5.88 Å². The zero-order valence-electron chi connectivity index (χ0n) is 12.0. The average molecular weight is 285 g/mol. The van der Waals surface area contributed by atoms with Crippen LogP contribution in [0.5, 0.6) is 5.88 Å². The molecular weight excluding hydrogens is 260 g/mol. The molecule has 4 heteroatoms. The first kappa shape index (κ1) is 16.3. The Morgan fingerprint density at radius 3 is 2.68 bits per heavy atom. The molecule has 108 valence electrons. The number of nitrogens with zero attached hydrogens (tertiary/aromatic N) is 1. The lowest BCUT2D eigenvalue weighted by Gasteiger charge is -2.08. The van der Waals surface area contributed by atoms with E-state index < -0.39 is 0 Å². The lowest BCUT2D eigenvalue weighted by atomic mass is 10.1. The van der Waals surface area contributed by atoms with Crippen molar-refractivity contribution >= 4 is 11.6 Å². The first-order valence-electron chi connectivity index (χ1n) is 7.19. The topological polar surface area (TPSA) is 34.1 Å². The summed E-state index contributed by atoms with van der Waals surface area (Å²) in [6.45, 7) is 3.70. The molecule has 1 heterocycles. The normalized spacial score (nSPS) is 10.7. The summed E-state index contributed by atoms with van der Waals surface area (Å²) in [5.74, 6) is 0.670. The van der Waals surface area contributed by atoms with Crippen LogP contribution >= 0.6 is 11.6 Å². The fourth-order valence-electron chi connectivity index (χ4n) is 1.92. The predicted molar refractivity (Wildman–Crippen MR) is 80.9 cm³/mol. The van der Waals surface area contributed by atoms with Crippen molar-refractivity contribution in [3.63, 3.8) is 0 Å². The van der Waals surface area contributed by atoms with Crippen LogP contribution in [0.15, 0.2) is 12.3 Å². The molecular formula is C15H25ClN2O. The van der Waals surface area contributed by atoms with Gasteiger partial charge in [0.1, 0.15) is 0 Å². The first-order valence-corrected chi connectivity index (χ1v) is 7.57. The van der Waals surface area contributed by atoms with Crippen molar-refractivity contribution < 1.29 is 4.74 Å². The Hall–Kier alpha value is -0.800. The molecule has 0 spiro atoms. The molecule has 0 saturated heterocycles. The van der Waals surface area contributed by atoms with Crippen LogP contribution in [0.3, 0.4) is 0 Å². The smallest absolute Gasteiger partial charge is 0.213 e. The van der Waals surface area contributed by atoms with Gasteiger partial charge in [-0.05, 0) is 19.0 Å². The fourth-order valence-corrected chi connectivity index (χ4v) is 2.09. The zero-order chi connectivity index (χ0) is 13.9. The number of unbranched alkanes of at least 4 members (excludes halogenated alkanes) is 5. The average Bonchev–Trinajstić information content (AvgIpc) is 2.41. The first-order chi connectivity index (χ1) is 9.27. The highest BCUT2D eigenvalue weighted by Gasteiger charge is 2.03. The van der Waals surface area contributed by atoms with Crippen molar-refractivity contribution in [2.24, 2.45) is 0 Å². The number of hydrogen-bond donors (Lipinski definition) is 1. The maximum absolute atomic E-state index is 6.05. The number of ether oxygens (including phenoxy) is 1. The van der Waals surface area contributed by atoms with Gasteiger partial charge >= 0.3 is 0 Å². The van der Waals surface area contributed by atoms with E-state index in [9.17, 15) is 0 Å². The van der Waals surface area contributed by atoms with E-state index in [2.05, 4.69) is 17.2 Å². The molecule has 0 bridgehead atoms. The minimum atomic E-state index is 0.670. The molecule has 0 amide bonds. The third kappa shape index (κ3) is 6.79. The summed E-state index contributed by atoms with van der Waals surface area (Å²) in [4.78, 5) is 4.19. The fraction of sp³-hybridized carbons (Fsp3) is 0.667. The Morgan fingerprint density at radius 1 is 1.21 bits per heavy atom. The van der Waals surface area contributed by atoms with E-state index in [0.29, 0.717) is 10.9 Å². The number of halogens is 1. The predicted octanol–water partition coefficient (Wildman–Crippen LogP) is 4.19. The van der Waals surface area contributed by atoms with Gasteiger partial charge in [-0.1, -0.05) is 50.6 Å². The number of pyridine rings is 1. The minimum absolute atomic E-state index is 0.670.